The highest BCUT2D eigenvalue weighted by atomic mass is 16.3. The van der Waals surface area contributed by atoms with Gasteiger partial charge in [0, 0.05) is 12.6 Å². The molecule has 0 spiro atoms. The molecule has 2 rings (SSSR count). The third-order valence-electron chi connectivity index (χ3n) is 2.98. The molecule has 0 fully saturated rings. The Morgan fingerprint density at radius 3 is 2.70 bits per heavy atom. The van der Waals surface area contributed by atoms with Crippen LogP contribution in [0, 0.1) is 0 Å². The first-order valence-electron chi connectivity index (χ1n) is 6.88. The molecule has 3 nitrogen and oxygen atoms in total. The second-order valence-corrected chi connectivity index (χ2v) is 4.58. The highest BCUT2D eigenvalue weighted by Crippen LogP contribution is 2.04. The molecular formula is C17H19NO2. The van der Waals surface area contributed by atoms with Gasteiger partial charge in [0.05, 0.1) is 6.26 Å². The maximum atomic E-state index is 11.5. The van der Waals surface area contributed by atoms with E-state index in [1.807, 2.05) is 12.1 Å². The average molecular weight is 269 g/mol. The van der Waals surface area contributed by atoms with Gasteiger partial charge in [0.2, 0.25) is 5.91 Å². The standard InChI is InChI=1S/C17H19NO2/c19-17(12-11-16-10-6-14-20-16)18-13-5-4-9-15-7-2-1-3-8-15/h1-3,6-8,10-12,14H,4-5,9,13H2,(H,18,19). The van der Waals surface area contributed by atoms with Crippen LogP contribution in [0.25, 0.3) is 6.08 Å². The first kappa shape index (κ1) is 14.1. The monoisotopic (exact) mass is 269 g/mol. The SMILES string of the molecule is O=C(C=Cc1ccco1)NCCCCc1ccccc1. The number of benzene rings is 1. The fourth-order valence-electron chi connectivity index (χ4n) is 1.91. The van der Waals surface area contributed by atoms with Gasteiger partial charge >= 0.3 is 0 Å². The minimum absolute atomic E-state index is 0.0823. The van der Waals surface area contributed by atoms with Crippen molar-refractivity contribution in [2.45, 2.75) is 19.3 Å². The summed E-state index contributed by atoms with van der Waals surface area (Å²) in [4.78, 5) is 11.5. The number of hydrogen-bond donors (Lipinski definition) is 1. The molecule has 1 aromatic carbocycles. The van der Waals surface area contributed by atoms with Gasteiger partial charge in [-0.05, 0) is 43.0 Å². The van der Waals surface area contributed by atoms with Crippen molar-refractivity contribution in [1.82, 2.24) is 5.32 Å². The number of carbonyl (C=O) groups excluding carboxylic acids is 1. The van der Waals surface area contributed by atoms with E-state index in [1.165, 1.54) is 11.6 Å². The zero-order chi connectivity index (χ0) is 14.0. The van der Waals surface area contributed by atoms with E-state index in [4.69, 9.17) is 4.42 Å². The fraction of sp³-hybridized carbons (Fsp3) is 0.235. The van der Waals surface area contributed by atoms with Crippen molar-refractivity contribution in [3.05, 3.63) is 66.1 Å². The summed E-state index contributed by atoms with van der Waals surface area (Å²) < 4.78 is 5.11. The van der Waals surface area contributed by atoms with E-state index in [2.05, 4.69) is 29.6 Å². The van der Waals surface area contributed by atoms with E-state index in [-0.39, 0.29) is 5.91 Å². The lowest BCUT2D eigenvalue weighted by Gasteiger charge is -2.02. The molecule has 0 atom stereocenters. The zero-order valence-corrected chi connectivity index (χ0v) is 11.4. The first-order valence-corrected chi connectivity index (χ1v) is 6.88. The normalized spacial score (nSPS) is 10.8. The Bertz CT molecular complexity index is 529. The average Bonchev–Trinajstić information content (AvgIpc) is 2.99. The van der Waals surface area contributed by atoms with Gasteiger partial charge in [0.1, 0.15) is 5.76 Å². The van der Waals surface area contributed by atoms with Crippen LogP contribution in [0.3, 0.4) is 0 Å². The molecule has 1 heterocycles. The summed E-state index contributed by atoms with van der Waals surface area (Å²) in [7, 11) is 0. The van der Waals surface area contributed by atoms with E-state index < -0.39 is 0 Å². The minimum atomic E-state index is -0.0823. The highest BCUT2D eigenvalue weighted by molar-refractivity contribution is 5.91. The molecule has 0 saturated heterocycles. The number of hydrogen-bond acceptors (Lipinski definition) is 2. The Labute approximate surface area is 119 Å². The topological polar surface area (TPSA) is 42.2 Å². The first-order chi connectivity index (χ1) is 9.84. The Balaban J connectivity index is 1.58. The minimum Gasteiger partial charge on any atom is -0.465 e. The molecular weight excluding hydrogens is 250 g/mol. The van der Waals surface area contributed by atoms with Crippen molar-refractivity contribution < 1.29 is 9.21 Å². The van der Waals surface area contributed by atoms with Crippen LogP contribution in [0.15, 0.2) is 59.2 Å². The lowest BCUT2D eigenvalue weighted by atomic mass is 10.1. The van der Waals surface area contributed by atoms with E-state index in [0.717, 1.165) is 19.3 Å². The molecule has 0 saturated carbocycles. The largest absolute Gasteiger partial charge is 0.465 e. The van der Waals surface area contributed by atoms with Crippen molar-refractivity contribution in [2.24, 2.45) is 0 Å². The molecule has 0 radical (unpaired) electrons. The molecule has 1 aromatic heterocycles. The molecule has 0 aliphatic rings. The second-order valence-electron chi connectivity index (χ2n) is 4.58. The van der Waals surface area contributed by atoms with Crippen LogP contribution >= 0.6 is 0 Å². The van der Waals surface area contributed by atoms with E-state index in [9.17, 15) is 4.79 Å². The van der Waals surface area contributed by atoms with Crippen molar-refractivity contribution in [2.75, 3.05) is 6.54 Å². The van der Waals surface area contributed by atoms with Gasteiger partial charge in [-0.1, -0.05) is 30.3 Å². The third-order valence-corrected chi connectivity index (χ3v) is 2.98. The number of amides is 1. The summed E-state index contributed by atoms with van der Waals surface area (Å²) in [5, 5.41) is 2.86. The molecule has 0 unspecified atom stereocenters. The maximum absolute atomic E-state index is 11.5. The summed E-state index contributed by atoms with van der Waals surface area (Å²) in [5.74, 6) is 0.602. The number of nitrogens with one attached hydrogen (secondary N) is 1. The molecule has 0 bridgehead atoms. The molecule has 3 heteroatoms. The number of furan rings is 1. The van der Waals surface area contributed by atoms with E-state index >= 15 is 0 Å². The smallest absolute Gasteiger partial charge is 0.244 e. The molecule has 1 N–H and O–H groups in total. The second kappa shape index (κ2) is 8.00. The quantitative estimate of drug-likeness (QED) is 0.618. The van der Waals surface area contributed by atoms with Crippen LogP contribution < -0.4 is 5.32 Å². The predicted octanol–water partition coefficient (Wildman–Crippen LogP) is 3.43. The van der Waals surface area contributed by atoms with Crippen molar-refractivity contribution in [1.29, 1.82) is 0 Å². The van der Waals surface area contributed by atoms with Gasteiger partial charge in [-0.3, -0.25) is 4.79 Å². The van der Waals surface area contributed by atoms with Crippen molar-refractivity contribution >= 4 is 12.0 Å². The van der Waals surface area contributed by atoms with Gasteiger partial charge in [-0.15, -0.1) is 0 Å². The van der Waals surface area contributed by atoms with Gasteiger partial charge in [0.15, 0.2) is 0 Å². The van der Waals surface area contributed by atoms with Crippen molar-refractivity contribution in [3.63, 3.8) is 0 Å². The van der Waals surface area contributed by atoms with Crippen LogP contribution in [0.1, 0.15) is 24.2 Å². The molecule has 1 amide bonds. The Morgan fingerprint density at radius 2 is 1.95 bits per heavy atom. The van der Waals surface area contributed by atoms with Crippen LogP contribution in [-0.2, 0) is 11.2 Å². The van der Waals surface area contributed by atoms with Crippen LogP contribution in [0.5, 0.6) is 0 Å². The summed E-state index contributed by atoms with van der Waals surface area (Å²) in [6.45, 7) is 0.703. The van der Waals surface area contributed by atoms with Gasteiger partial charge in [-0.25, -0.2) is 0 Å². The van der Waals surface area contributed by atoms with Crippen LogP contribution in [0.2, 0.25) is 0 Å². The maximum Gasteiger partial charge on any atom is 0.244 e. The third kappa shape index (κ3) is 5.14. The molecule has 0 aliphatic heterocycles. The van der Waals surface area contributed by atoms with Crippen LogP contribution in [-0.4, -0.2) is 12.5 Å². The van der Waals surface area contributed by atoms with Crippen LogP contribution in [0.4, 0.5) is 0 Å². The summed E-state index contributed by atoms with van der Waals surface area (Å²) in [6, 6.07) is 14.0. The highest BCUT2D eigenvalue weighted by Gasteiger charge is 1.96. The molecule has 104 valence electrons. The number of rotatable bonds is 7. The predicted molar refractivity (Wildman–Crippen MR) is 80.1 cm³/mol. The van der Waals surface area contributed by atoms with E-state index in [1.54, 1.807) is 18.4 Å². The number of carbonyl (C=O) groups is 1. The van der Waals surface area contributed by atoms with Gasteiger partial charge in [0.25, 0.3) is 0 Å². The van der Waals surface area contributed by atoms with Gasteiger partial charge in [-0.2, -0.15) is 0 Å². The molecule has 20 heavy (non-hydrogen) atoms. The zero-order valence-electron chi connectivity index (χ0n) is 11.4. The Kier molecular flexibility index (Phi) is 5.65. The summed E-state index contributed by atoms with van der Waals surface area (Å²) in [6.07, 6.45) is 7.86. The lowest BCUT2D eigenvalue weighted by Crippen LogP contribution is -2.22. The Morgan fingerprint density at radius 1 is 1.10 bits per heavy atom. The Hall–Kier alpha value is -2.29. The fourth-order valence-corrected chi connectivity index (χ4v) is 1.91. The summed E-state index contributed by atoms with van der Waals surface area (Å²) in [5.41, 5.74) is 1.34. The number of aryl methyl sites for hydroxylation is 1. The lowest BCUT2D eigenvalue weighted by molar-refractivity contribution is -0.116. The van der Waals surface area contributed by atoms with Gasteiger partial charge < -0.3 is 9.73 Å². The number of unbranched alkanes of at least 4 members (excludes halogenated alkanes) is 1. The van der Waals surface area contributed by atoms with E-state index in [0.29, 0.717) is 12.3 Å². The molecule has 2 aromatic rings. The van der Waals surface area contributed by atoms with Crippen molar-refractivity contribution in [3.8, 4) is 0 Å². The summed E-state index contributed by atoms with van der Waals surface area (Å²) >= 11 is 0. The molecule has 0 aliphatic carbocycles.